The summed E-state index contributed by atoms with van der Waals surface area (Å²) in [6.45, 7) is 3.92. The van der Waals surface area contributed by atoms with Crippen molar-refractivity contribution in [3.8, 4) is 0 Å². The quantitative estimate of drug-likeness (QED) is 0.913. The molecule has 0 bridgehead atoms. The third-order valence-corrected chi connectivity index (χ3v) is 4.67. The number of hydrogen-bond acceptors (Lipinski definition) is 2. The van der Waals surface area contributed by atoms with Crippen LogP contribution in [-0.2, 0) is 0 Å². The number of rotatable bonds is 2. The fourth-order valence-electron chi connectivity index (χ4n) is 2.65. The van der Waals surface area contributed by atoms with Gasteiger partial charge in [0.05, 0.1) is 10.2 Å². The largest absolute Gasteiger partial charge is 0.337 e. The van der Waals surface area contributed by atoms with E-state index in [0.717, 1.165) is 29.7 Å². The van der Waals surface area contributed by atoms with Crippen molar-refractivity contribution in [1.29, 1.82) is 0 Å². The van der Waals surface area contributed by atoms with Crippen molar-refractivity contribution in [3.05, 3.63) is 15.9 Å². The Hall–Kier alpha value is -0.840. The summed E-state index contributed by atoms with van der Waals surface area (Å²) < 4.78 is 0.883. The molecule has 1 aliphatic heterocycles. The highest BCUT2D eigenvalue weighted by Gasteiger charge is 2.32. The molecule has 98 valence electrons. The fraction of sp³-hybridized carbons (Fsp3) is 0.692. The van der Waals surface area contributed by atoms with E-state index < -0.39 is 0 Å². The molecule has 2 aliphatic rings. The predicted molar refractivity (Wildman–Crippen MR) is 72.6 cm³/mol. The number of likely N-dealkylation sites (tertiary alicyclic amines) is 1. The summed E-state index contributed by atoms with van der Waals surface area (Å²) in [7, 11) is 0. The summed E-state index contributed by atoms with van der Waals surface area (Å²) in [5.74, 6) is 1.24. The molecule has 1 atom stereocenters. The molecule has 0 aromatic carbocycles. The number of amides is 1. The fourth-order valence-corrected chi connectivity index (χ4v) is 3.32. The number of nitrogens with zero attached hydrogens (tertiary/aromatic N) is 2. The van der Waals surface area contributed by atoms with Crippen LogP contribution >= 0.6 is 15.9 Å². The number of piperidine rings is 1. The number of hydrogen-bond donors (Lipinski definition) is 1. The van der Waals surface area contributed by atoms with Crippen molar-refractivity contribution in [3.63, 3.8) is 0 Å². The smallest absolute Gasteiger partial charge is 0.275 e. The van der Waals surface area contributed by atoms with Crippen molar-refractivity contribution in [2.45, 2.75) is 38.5 Å². The van der Waals surface area contributed by atoms with Gasteiger partial charge in [-0.3, -0.25) is 9.89 Å². The summed E-state index contributed by atoms with van der Waals surface area (Å²) >= 11 is 3.53. The molecule has 1 aromatic heterocycles. The monoisotopic (exact) mass is 311 g/mol. The van der Waals surface area contributed by atoms with Gasteiger partial charge in [-0.15, -0.1) is 0 Å². The van der Waals surface area contributed by atoms with Crippen LogP contribution in [0.3, 0.4) is 0 Å². The van der Waals surface area contributed by atoms with Crippen LogP contribution in [0.25, 0.3) is 0 Å². The first kappa shape index (κ1) is 12.2. The van der Waals surface area contributed by atoms with Gasteiger partial charge in [-0.1, -0.05) is 6.92 Å². The second kappa shape index (κ2) is 4.68. The predicted octanol–water partition coefficient (Wildman–Crippen LogP) is 2.92. The molecular weight excluding hydrogens is 294 g/mol. The minimum atomic E-state index is 0.0663. The number of H-pyrrole nitrogens is 1. The number of nitrogens with one attached hydrogen (secondary N) is 1. The van der Waals surface area contributed by atoms with E-state index in [4.69, 9.17) is 0 Å². The molecule has 18 heavy (non-hydrogen) atoms. The summed E-state index contributed by atoms with van der Waals surface area (Å²) in [6.07, 6.45) is 4.73. The molecular formula is C13H18BrN3O. The molecule has 1 saturated carbocycles. The molecule has 1 aliphatic carbocycles. The molecule has 4 nitrogen and oxygen atoms in total. The normalized spacial score (nSPS) is 24.3. The Morgan fingerprint density at radius 1 is 1.44 bits per heavy atom. The average molecular weight is 312 g/mol. The van der Waals surface area contributed by atoms with Crippen LogP contribution in [0.1, 0.15) is 54.7 Å². The second-order valence-corrected chi connectivity index (χ2v) is 6.37. The Labute approximate surface area is 115 Å². The number of aromatic nitrogens is 2. The topological polar surface area (TPSA) is 49.0 Å². The van der Waals surface area contributed by atoms with Gasteiger partial charge in [0.25, 0.3) is 5.91 Å². The summed E-state index contributed by atoms with van der Waals surface area (Å²) in [4.78, 5) is 14.4. The summed E-state index contributed by atoms with van der Waals surface area (Å²) in [6, 6.07) is 0. The second-order valence-electron chi connectivity index (χ2n) is 5.57. The van der Waals surface area contributed by atoms with Crippen molar-refractivity contribution >= 4 is 21.8 Å². The zero-order valence-electron chi connectivity index (χ0n) is 10.6. The molecule has 1 saturated heterocycles. The molecule has 5 heteroatoms. The third-order valence-electron chi connectivity index (χ3n) is 3.86. The van der Waals surface area contributed by atoms with Crippen LogP contribution < -0.4 is 0 Å². The lowest BCUT2D eigenvalue weighted by Gasteiger charge is -2.30. The summed E-state index contributed by atoms with van der Waals surface area (Å²) in [5, 5.41) is 7.24. The first-order chi connectivity index (χ1) is 8.66. The van der Waals surface area contributed by atoms with Crippen molar-refractivity contribution in [1.82, 2.24) is 15.1 Å². The zero-order chi connectivity index (χ0) is 12.7. The Kier molecular flexibility index (Phi) is 3.18. The highest BCUT2D eigenvalue weighted by Crippen LogP contribution is 2.43. The minimum absolute atomic E-state index is 0.0663. The zero-order valence-corrected chi connectivity index (χ0v) is 12.2. The summed E-state index contributed by atoms with van der Waals surface area (Å²) in [5.41, 5.74) is 1.66. The lowest BCUT2D eigenvalue weighted by atomic mass is 10.00. The Morgan fingerprint density at radius 2 is 2.22 bits per heavy atom. The van der Waals surface area contributed by atoms with E-state index >= 15 is 0 Å². The van der Waals surface area contributed by atoms with Gasteiger partial charge in [-0.2, -0.15) is 5.10 Å². The van der Waals surface area contributed by atoms with Crippen LogP contribution in [0.2, 0.25) is 0 Å². The molecule has 1 N–H and O–H groups in total. The van der Waals surface area contributed by atoms with Crippen LogP contribution in [0.5, 0.6) is 0 Å². The standard InChI is InChI=1S/C13H18BrN3O/c1-8-3-2-6-17(7-8)13(18)12-10(14)11(15-16-12)9-4-5-9/h8-9H,2-7H2,1H3,(H,15,16). The molecule has 1 unspecified atom stereocenters. The minimum Gasteiger partial charge on any atom is -0.337 e. The number of carbonyl (C=O) groups excluding carboxylic acids is 1. The molecule has 2 heterocycles. The van der Waals surface area contributed by atoms with Gasteiger partial charge in [0, 0.05) is 19.0 Å². The molecule has 0 spiro atoms. The van der Waals surface area contributed by atoms with E-state index in [-0.39, 0.29) is 5.91 Å². The SMILES string of the molecule is CC1CCCN(C(=O)c2n[nH]c(C3CC3)c2Br)C1. The lowest BCUT2D eigenvalue weighted by molar-refractivity contribution is 0.0676. The van der Waals surface area contributed by atoms with Gasteiger partial charge in [0.1, 0.15) is 0 Å². The van der Waals surface area contributed by atoms with E-state index in [0.29, 0.717) is 17.5 Å². The Balaban J connectivity index is 1.79. The maximum atomic E-state index is 12.4. The van der Waals surface area contributed by atoms with Gasteiger partial charge >= 0.3 is 0 Å². The van der Waals surface area contributed by atoms with Crippen LogP contribution in [0.15, 0.2) is 4.47 Å². The van der Waals surface area contributed by atoms with Crippen molar-refractivity contribution in [2.24, 2.45) is 5.92 Å². The third kappa shape index (κ3) is 2.20. The Morgan fingerprint density at radius 3 is 2.89 bits per heavy atom. The van der Waals surface area contributed by atoms with Crippen LogP contribution in [0.4, 0.5) is 0 Å². The van der Waals surface area contributed by atoms with Crippen LogP contribution in [0, 0.1) is 5.92 Å². The van der Waals surface area contributed by atoms with E-state index in [9.17, 15) is 4.79 Å². The van der Waals surface area contributed by atoms with E-state index in [1.165, 1.54) is 19.3 Å². The highest BCUT2D eigenvalue weighted by atomic mass is 79.9. The number of carbonyl (C=O) groups is 1. The van der Waals surface area contributed by atoms with E-state index in [1.54, 1.807) is 0 Å². The Bertz CT molecular complexity index is 467. The maximum absolute atomic E-state index is 12.4. The van der Waals surface area contributed by atoms with E-state index in [2.05, 4.69) is 33.1 Å². The molecule has 2 fully saturated rings. The highest BCUT2D eigenvalue weighted by molar-refractivity contribution is 9.10. The van der Waals surface area contributed by atoms with Gasteiger partial charge in [-0.25, -0.2) is 0 Å². The number of aromatic amines is 1. The number of halogens is 1. The van der Waals surface area contributed by atoms with Crippen molar-refractivity contribution in [2.75, 3.05) is 13.1 Å². The maximum Gasteiger partial charge on any atom is 0.275 e. The molecule has 0 radical (unpaired) electrons. The first-order valence-electron chi connectivity index (χ1n) is 6.70. The molecule has 1 amide bonds. The van der Waals surface area contributed by atoms with Crippen LogP contribution in [-0.4, -0.2) is 34.1 Å². The first-order valence-corrected chi connectivity index (χ1v) is 7.49. The van der Waals surface area contributed by atoms with E-state index in [1.807, 2.05) is 4.90 Å². The molecule has 3 rings (SSSR count). The van der Waals surface area contributed by atoms with Gasteiger partial charge in [0.15, 0.2) is 5.69 Å². The van der Waals surface area contributed by atoms with Gasteiger partial charge in [-0.05, 0) is 47.5 Å². The van der Waals surface area contributed by atoms with Gasteiger partial charge < -0.3 is 4.90 Å². The van der Waals surface area contributed by atoms with Gasteiger partial charge in [0.2, 0.25) is 0 Å². The van der Waals surface area contributed by atoms with Crippen molar-refractivity contribution < 1.29 is 4.79 Å². The lowest BCUT2D eigenvalue weighted by Crippen LogP contribution is -2.39. The molecule has 1 aromatic rings. The average Bonchev–Trinajstić information content (AvgIpc) is 3.12.